The van der Waals surface area contributed by atoms with Gasteiger partial charge in [-0.25, -0.2) is 17.5 Å². The number of thiophene rings is 2. The van der Waals surface area contributed by atoms with Crippen molar-refractivity contribution in [2.45, 2.75) is 11.4 Å². The van der Waals surface area contributed by atoms with Crippen LogP contribution in [-0.2, 0) is 21.4 Å². The zero-order valence-corrected chi connectivity index (χ0v) is 15.5. The highest BCUT2D eigenvalue weighted by atomic mass is 32.2. The van der Waals surface area contributed by atoms with E-state index >= 15 is 0 Å². The molecule has 0 saturated carbocycles. The van der Waals surface area contributed by atoms with Crippen molar-refractivity contribution in [3.05, 3.63) is 80.4 Å². The zero-order valence-electron chi connectivity index (χ0n) is 13.1. The number of hydrogen-bond acceptors (Lipinski definition) is 5. The van der Waals surface area contributed by atoms with Crippen LogP contribution >= 0.6 is 22.7 Å². The molecule has 0 amide bonds. The van der Waals surface area contributed by atoms with Gasteiger partial charge in [0, 0.05) is 17.0 Å². The van der Waals surface area contributed by atoms with Crippen LogP contribution in [0.1, 0.15) is 16.0 Å². The average molecular weight is 398 g/mol. The van der Waals surface area contributed by atoms with E-state index in [1.165, 1.54) is 46.9 Å². The molecule has 1 atom stereocenters. The van der Waals surface area contributed by atoms with Crippen molar-refractivity contribution in [3.8, 4) is 0 Å². The summed E-state index contributed by atoms with van der Waals surface area (Å²) in [6.07, 6.45) is 0. The first-order chi connectivity index (χ1) is 11.9. The third kappa shape index (κ3) is 4.34. The molecule has 2 aromatic heterocycles. The second-order valence-corrected chi connectivity index (χ2v) is 9.09. The Labute approximate surface area is 153 Å². The summed E-state index contributed by atoms with van der Waals surface area (Å²) < 4.78 is 40.1. The Balaban J connectivity index is 1.78. The van der Waals surface area contributed by atoms with E-state index in [2.05, 4.69) is 4.72 Å². The van der Waals surface area contributed by atoms with Gasteiger partial charge in [0.25, 0.3) is 0 Å². The molecule has 0 aliphatic heterocycles. The minimum absolute atomic E-state index is 0.173. The lowest BCUT2D eigenvalue weighted by Crippen LogP contribution is -2.41. The van der Waals surface area contributed by atoms with E-state index in [4.69, 9.17) is 0 Å². The van der Waals surface area contributed by atoms with Crippen LogP contribution in [0, 0.1) is 5.82 Å². The molecule has 0 spiro atoms. The SMILES string of the molecule is O=S(=O)(Cc1ccc(F)cc1)NCC(O)(c1ccsc1)c1cccs1. The van der Waals surface area contributed by atoms with Crippen molar-refractivity contribution in [1.29, 1.82) is 0 Å². The Morgan fingerprint density at radius 2 is 1.88 bits per heavy atom. The maximum absolute atomic E-state index is 12.9. The number of halogens is 1. The van der Waals surface area contributed by atoms with E-state index in [1.807, 2.05) is 16.8 Å². The van der Waals surface area contributed by atoms with Gasteiger partial charge in [0.2, 0.25) is 10.0 Å². The van der Waals surface area contributed by atoms with E-state index in [0.29, 0.717) is 16.0 Å². The van der Waals surface area contributed by atoms with Crippen LogP contribution in [0.25, 0.3) is 0 Å². The molecular weight excluding hydrogens is 381 g/mol. The quantitative estimate of drug-likeness (QED) is 0.643. The highest BCUT2D eigenvalue weighted by molar-refractivity contribution is 7.88. The molecule has 0 fully saturated rings. The smallest absolute Gasteiger partial charge is 0.215 e. The summed E-state index contributed by atoms with van der Waals surface area (Å²) in [7, 11) is -3.69. The van der Waals surface area contributed by atoms with E-state index in [9.17, 15) is 17.9 Å². The van der Waals surface area contributed by atoms with Crippen molar-refractivity contribution >= 4 is 32.7 Å². The number of benzene rings is 1. The number of rotatable bonds is 7. The van der Waals surface area contributed by atoms with Crippen molar-refractivity contribution in [2.24, 2.45) is 0 Å². The van der Waals surface area contributed by atoms with E-state index in [-0.39, 0.29) is 12.3 Å². The largest absolute Gasteiger partial charge is 0.378 e. The van der Waals surface area contributed by atoms with Crippen LogP contribution in [-0.4, -0.2) is 20.1 Å². The maximum atomic E-state index is 12.9. The van der Waals surface area contributed by atoms with E-state index in [1.54, 1.807) is 17.5 Å². The molecule has 2 heterocycles. The van der Waals surface area contributed by atoms with Crippen molar-refractivity contribution in [2.75, 3.05) is 6.54 Å². The lowest BCUT2D eigenvalue weighted by atomic mass is 9.95. The molecule has 0 radical (unpaired) electrons. The molecule has 1 unspecified atom stereocenters. The Bertz CT molecular complexity index is 870. The van der Waals surface area contributed by atoms with Crippen LogP contribution < -0.4 is 4.72 Å². The first-order valence-electron chi connectivity index (χ1n) is 7.40. The number of sulfonamides is 1. The molecule has 132 valence electrons. The summed E-state index contributed by atoms with van der Waals surface area (Å²) in [6.45, 7) is -0.173. The van der Waals surface area contributed by atoms with Crippen molar-refractivity contribution in [1.82, 2.24) is 4.72 Å². The second-order valence-electron chi connectivity index (χ2n) is 5.56. The minimum Gasteiger partial charge on any atom is -0.378 e. The molecular formula is C17H16FNO3S3. The third-order valence-electron chi connectivity index (χ3n) is 3.75. The fourth-order valence-corrected chi connectivity index (χ4v) is 5.14. The fraction of sp³-hybridized carbons (Fsp3) is 0.176. The summed E-state index contributed by atoms with van der Waals surface area (Å²) in [5.41, 5.74) is -0.308. The minimum atomic E-state index is -3.69. The van der Waals surface area contributed by atoms with Crippen LogP contribution in [0.5, 0.6) is 0 Å². The molecule has 0 saturated heterocycles. The summed E-state index contributed by atoms with van der Waals surface area (Å²) in [6, 6.07) is 10.7. The van der Waals surface area contributed by atoms with Crippen LogP contribution in [0.2, 0.25) is 0 Å². The first kappa shape index (κ1) is 18.2. The van der Waals surface area contributed by atoms with Crippen LogP contribution in [0.4, 0.5) is 4.39 Å². The number of aliphatic hydroxyl groups is 1. The van der Waals surface area contributed by atoms with Crippen molar-refractivity contribution < 1.29 is 17.9 Å². The van der Waals surface area contributed by atoms with Gasteiger partial charge in [-0.1, -0.05) is 18.2 Å². The summed E-state index contributed by atoms with van der Waals surface area (Å²) in [5, 5.41) is 16.6. The zero-order chi connectivity index (χ0) is 17.9. The molecule has 0 aliphatic carbocycles. The Morgan fingerprint density at radius 1 is 1.12 bits per heavy atom. The fourth-order valence-electron chi connectivity index (χ4n) is 2.41. The molecule has 2 N–H and O–H groups in total. The molecule has 0 bridgehead atoms. The highest BCUT2D eigenvalue weighted by Crippen LogP contribution is 2.33. The van der Waals surface area contributed by atoms with Gasteiger partial charge in [-0.05, 0) is 46.0 Å². The number of nitrogens with one attached hydrogen (secondary N) is 1. The highest BCUT2D eigenvalue weighted by Gasteiger charge is 2.34. The number of hydrogen-bond donors (Lipinski definition) is 2. The topological polar surface area (TPSA) is 66.4 Å². The Morgan fingerprint density at radius 3 is 2.48 bits per heavy atom. The van der Waals surface area contributed by atoms with Gasteiger partial charge in [-0.15, -0.1) is 11.3 Å². The summed E-state index contributed by atoms with van der Waals surface area (Å²) in [4.78, 5) is 0.662. The van der Waals surface area contributed by atoms with Crippen LogP contribution in [0.3, 0.4) is 0 Å². The van der Waals surface area contributed by atoms with E-state index in [0.717, 1.165) is 0 Å². The standard InChI is InChI=1S/C17H16FNO3S3/c18-15-5-3-13(4-6-15)11-25(21,22)19-12-17(20,14-7-9-23-10-14)16-2-1-8-24-16/h1-10,19-20H,11-12H2. The Kier molecular flexibility index (Phi) is 5.35. The molecule has 3 aromatic rings. The normalized spacial score (nSPS) is 14.3. The maximum Gasteiger partial charge on any atom is 0.215 e. The lowest BCUT2D eigenvalue weighted by molar-refractivity contribution is 0.0903. The molecule has 25 heavy (non-hydrogen) atoms. The van der Waals surface area contributed by atoms with Gasteiger partial charge >= 0.3 is 0 Å². The van der Waals surface area contributed by atoms with Gasteiger partial charge < -0.3 is 5.11 Å². The molecule has 4 nitrogen and oxygen atoms in total. The predicted molar refractivity (Wildman–Crippen MR) is 98.7 cm³/mol. The van der Waals surface area contributed by atoms with E-state index < -0.39 is 21.4 Å². The first-order valence-corrected chi connectivity index (χ1v) is 10.9. The molecule has 1 aromatic carbocycles. The van der Waals surface area contributed by atoms with Gasteiger partial charge in [0.1, 0.15) is 11.4 Å². The van der Waals surface area contributed by atoms with Gasteiger partial charge in [0.05, 0.1) is 5.75 Å². The van der Waals surface area contributed by atoms with Gasteiger partial charge in [-0.2, -0.15) is 11.3 Å². The third-order valence-corrected chi connectivity index (χ3v) is 6.75. The Hall–Kier alpha value is -1.58. The second kappa shape index (κ2) is 7.35. The average Bonchev–Trinajstić information content (AvgIpc) is 3.28. The van der Waals surface area contributed by atoms with Gasteiger partial charge in [0.15, 0.2) is 0 Å². The summed E-state index contributed by atoms with van der Waals surface area (Å²) >= 11 is 2.80. The van der Waals surface area contributed by atoms with Gasteiger partial charge in [-0.3, -0.25) is 0 Å². The monoisotopic (exact) mass is 397 g/mol. The molecule has 8 heteroatoms. The van der Waals surface area contributed by atoms with Crippen LogP contribution in [0.15, 0.2) is 58.6 Å². The molecule has 3 rings (SSSR count). The van der Waals surface area contributed by atoms with Crippen molar-refractivity contribution in [3.63, 3.8) is 0 Å². The summed E-state index contributed by atoms with van der Waals surface area (Å²) in [5.74, 6) is -0.698. The molecule has 0 aliphatic rings. The lowest BCUT2D eigenvalue weighted by Gasteiger charge is -2.27. The predicted octanol–water partition coefficient (Wildman–Crippen LogP) is 3.30.